The summed E-state index contributed by atoms with van der Waals surface area (Å²) < 4.78 is 79.1. The Balaban J connectivity index is 1.63. The van der Waals surface area contributed by atoms with Gasteiger partial charge in [-0.15, -0.1) is 13.2 Å². The van der Waals surface area contributed by atoms with E-state index in [1.165, 1.54) is 24.3 Å². The predicted octanol–water partition coefficient (Wildman–Crippen LogP) is 5.88. The maximum Gasteiger partial charge on any atom is 0.573 e. The van der Waals surface area contributed by atoms with Crippen LogP contribution in [0.15, 0.2) is 48.8 Å². The van der Waals surface area contributed by atoms with E-state index in [1.807, 2.05) is 18.0 Å². The van der Waals surface area contributed by atoms with E-state index >= 15 is 0 Å². The molecule has 0 spiro atoms. The molecular formula is C20H18ClF6N3O. The van der Waals surface area contributed by atoms with Crippen LogP contribution < -0.4 is 9.64 Å². The van der Waals surface area contributed by atoms with Gasteiger partial charge in [-0.3, -0.25) is 0 Å². The third kappa shape index (κ3) is 6.27. The van der Waals surface area contributed by atoms with Crippen molar-refractivity contribution in [3.63, 3.8) is 0 Å². The first-order chi connectivity index (χ1) is 14.4. The summed E-state index contributed by atoms with van der Waals surface area (Å²) in [5, 5.41) is -0.103. The van der Waals surface area contributed by atoms with Crippen LogP contribution in [-0.2, 0) is 12.7 Å². The number of ether oxygens (including phenoxy) is 1. The molecule has 3 rings (SSSR count). The molecule has 1 unspecified atom stereocenters. The minimum Gasteiger partial charge on any atom is -0.406 e. The third-order valence-corrected chi connectivity index (χ3v) is 4.87. The fraction of sp³-hybridized carbons (Fsp3) is 0.350. The summed E-state index contributed by atoms with van der Waals surface area (Å²) in [5.74, 6) is -0.0661. The van der Waals surface area contributed by atoms with Crippen LogP contribution in [0.1, 0.15) is 17.5 Å². The average molecular weight is 466 g/mol. The highest BCUT2D eigenvalue weighted by atomic mass is 35.5. The van der Waals surface area contributed by atoms with Gasteiger partial charge in [-0.05, 0) is 37.2 Å². The summed E-state index contributed by atoms with van der Waals surface area (Å²) in [5.41, 5.74) is -0.142. The zero-order chi connectivity index (χ0) is 22.8. The summed E-state index contributed by atoms with van der Waals surface area (Å²) in [6, 6.07) is 6.30. The van der Waals surface area contributed by atoms with Crippen LogP contribution in [0.25, 0.3) is 0 Å². The summed E-state index contributed by atoms with van der Waals surface area (Å²) in [6.07, 6.45) is -4.29. The highest BCUT2D eigenvalue weighted by molar-refractivity contribution is 6.33. The molecule has 11 heteroatoms. The van der Waals surface area contributed by atoms with E-state index in [0.717, 1.165) is 17.8 Å². The molecule has 1 aliphatic rings. The largest absolute Gasteiger partial charge is 0.573 e. The lowest BCUT2D eigenvalue weighted by atomic mass is 10.1. The molecule has 168 valence electrons. The van der Waals surface area contributed by atoms with Gasteiger partial charge in [-0.2, -0.15) is 13.2 Å². The number of anilines is 1. The third-order valence-electron chi connectivity index (χ3n) is 4.59. The Bertz CT molecular complexity index is 930. The zero-order valence-electron chi connectivity index (χ0n) is 16.2. The van der Waals surface area contributed by atoms with Crippen molar-refractivity contribution in [2.75, 3.05) is 18.5 Å². The maximum atomic E-state index is 12.8. The van der Waals surface area contributed by atoms with E-state index in [-0.39, 0.29) is 22.6 Å². The highest BCUT2D eigenvalue weighted by Gasteiger charge is 2.33. The maximum absolute atomic E-state index is 12.8. The van der Waals surface area contributed by atoms with Crippen molar-refractivity contribution >= 4 is 17.4 Å². The van der Waals surface area contributed by atoms with Crippen LogP contribution in [-0.4, -0.2) is 35.9 Å². The Morgan fingerprint density at radius 3 is 2.42 bits per heavy atom. The van der Waals surface area contributed by atoms with Crippen LogP contribution in [0.2, 0.25) is 5.02 Å². The highest BCUT2D eigenvalue weighted by Crippen LogP contribution is 2.35. The van der Waals surface area contributed by atoms with Gasteiger partial charge in [0.2, 0.25) is 0 Å². The van der Waals surface area contributed by atoms with Crippen molar-refractivity contribution in [3.05, 3.63) is 65.0 Å². The number of hydrogen-bond acceptors (Lipinski definition) is 4. The number of aromatic nitrogens is 1. The second-order valence-electron chi connectivity index (χ2n) is 7.10. The lowest BCUT2D eigenvalue weighted by Gasteiger charge is -2.29. The SMILES string of the molecule is CN(Cc1ccc(OC(F)(F)F)cc1)CC1CC=CN1c1ncc(C(F)(F)F)cc1Cl. The van der Waals surface area contributed by atoms with Gasteiger partial charge in [-0.25, -0.2) is 4.98 Å². The fourth-order valence-electron chi connectivity index (χ4n) is 3.28. The van der Waals surface area contributed by atoms with Gasteiger partial charge in [0.1, 0.15) is 5.75 Å². The van der Waals surface area contributed by atoms with Crippen molar-refractivity contribution in [2.45, 2.75) is 31.5 Å². The standard InChI is InChI=1S/C20H18ClF6N3O/c1-29(11-13-4-6-16(7-5-13)31-20(25,26)27)12-15-3-2-8-30(15)18-17(21)9-14(10-28-18)19(22,23)24/h2,4-10,15H,3,11-12H2,1H3. The molecule has 2 aromatic rings. The molecule has 4 nitrogen and oxygen atoms in total. The minimum absolute atomic E-state index is 0.103. The number of rotatable bonds is 6. The van der Waals surface area contributed by atoms with Gasteiger partial charge < -0.3 is 14.5 Å². The predicted molar refractivity (Wildman–Crippen MR) is 104 cm³/mol. The zero-order valence-corrected chi connectivity index (χ0v) is 17.0. The normalized spacial score (nSPS) is 16.9. The van der Waals surface area contributed by atoms with Crippen LogP contribution >= 0.6 is 11.6 Å². The average Bonchev–Trinajstić information content (AvgIpc) is 3.09. The van der Waals surface area contributed by atoms with E-state index in [9.17, 15) is 26.3 Å². The number of pyridine rings is 1. The number of benzene rings is 1. The summed E-state index contributed by atoms with van der Waals surface area (Å²) >= 11 is 6.06. The quantitative estimate of drug-likeness (QED) is 0.498. The first-order valence-electron chi connectivity index (χ1n) is 9.13. The number of nitrogens with zero attached hydrogens (tertiary/aromatic N) is 3. The number of alkyl halides is 6. The Labute approximate surface area is 179 Å². The monoisotopic (exact) mass is 465 g/mol. The van der Waals surface area contributed by atoms with E-state index < -0.39 is 18.1 Å². The lowest BCUT2D eigenvalue weighted by molar-refractivity contribution is -0.274. The molecular weight excluding hydrogens is 448 g/mol. The molecule has 1 aromatic heterocycles. The van der Waals surface area contributed by atoms with Gasteiger partial charge in [0.05, 0.1) is 16.6 Å². The van der Waals surface area contributed by atoms with E-state index in [4.69, 9.17) is 11.6 Å². The minimum atomic E-state index is -4.75. The van der Waals surface area contributed by atoms with E-state index in [1.54, 1.807) is 11.1 Å². The molecule has 2 heterocycles. The van der Waals surface area contributed by atoms with Crippen molar-refractivity contribution in [1.82, 2.24) is 9.88 Å². The smallest absolute Gasteiger partial charge is 0.406 e. The van der Waals surface area contributed by atoms with Crippen LogP contribution in [0.5, 0.6) is 5.75 Å². The molecule has 1 aliphatic heterocycles. The van der Waals surface area contributed by atoms with Crippen molar-refractivity contribution in [1.29, 1.82) is 0 Å². The Morgan fingerprint density at radius 2 is 1.84 bits per heavy atom. The fourth-order valence-corrected chi connectivity index (χ4v) is 3.54. The number of likely N-dealkylation sites (N-methyl/N-ethyl adjacent to an activating group) is 1. The Hall–Kier alpha value is -2.46. The van der Waals surface area contributed by atoms with Crippen molar-refractivity contribution in [2.24, 2.45) is 0 Å². The van der Waals surface area contributed by atoms with Gasteiger partial charge in [0, 0.05) is 25.5 Å². The molecule has 1 aromatic carbocycles. The molecule has 0 saturated carbocycles. The second kappa shape index (κ2) is 8.96. The Morgan fingerprint density at radius 1 is 1.16 bits per heavy atom. The van der Waals surface area contributed by atoms with Crippen LogP contribution in [0.3, 0.4) is 0 Å². The van der Waals surface area contributed by atoms with Gasteiger partial charge in [-0.1, -0.05) is 29.8 Å². The molecule has 0 bridgehead atoms. The van der Waals surface area contributed by atoms with Gasteiger partial charge >= 0.3 is 12.5 Å². The molecule has 0 saturated heterocycles. The lowest BCUT2D eigenvalue weighted by Crippen LogP contribution is -2.38. The molecule has 0 aliphatic carbocycles. The molecule has 0 N–H and O–H groups in total. The molecule has 31 heavy (non-hydrogen) atoms. The van der Waals surface area contributed by atoms with Gasteiger partial charge in [0.25, 0.3) is 0 Å². The Kier molecular flexibility index (Phi) is 6.70. The molecule has 0 amide bonds. The number of halogens is 7. The topological polar surface area (TPSA) is 28.6 Å². The molecule has 0 fully saturated rings. The molecule has 1 atom stereocenters. The van der Waals surface area contributed by atoms with Crippen molar-refractivity contribution in [3.8, 4) is 5.75 Å². The van der Waals surface area contributed by atoms with Crippen LogP contribution in [0, 0.1) is 0 Å². The summed E-state index contributed by atoms with van der Waals surface area (Å²) in [7, 11) is 1.83. The second-order valence-corrected chi connectivity index (χ2v) is 7.50. The molecule has 0 radical (unpaired) electrons. The van der Waals surface area contributed by atoms with E-state index in [2.05, 4.69) is 9.72 Å². The number of hydrogen-bond donors (Lipinski definition) is 0. The van der Waals surface area contributed by atoms with E-state index in [0.29, 0.717) is 19.5 Å². The summed E-state index contributed by atoms with van der Waals surface area (Å²) in [6.45, 7) is 0.970. The summed E-state index contributed by atoms with van der Waals surface area (Å²) in [4.78, 5) is 7.57. The first-order valence-corrected chi connectivity index (χ1v) is 9.51. The van der Waals surface area contributed by atoms with Crippen LogP contribution in [0.4, 0.5) is 32.2 Å². The first kappa shape index (κ1) is 23.2. The van der Waals surface area contributed by atoms with Crippen molar-refractivity contribution < 1.29 is 31.1 Å². The van der Waals surface area contributed by atoms with Gasteiger partial charge in [0.15, 0.2) is 5.82 Å².